The van der Waals surface area contributed by atoms with Crippen LogP contribution in [0.25, 0.3) is 26.4 Å². The number of aromatic nitrogens is 1. The Morgan fingerprint density at radius 1 is 1.14 bits per heavy atom. The number of sulfonamides is 1. The number of carbonyl (C=O) groups excluding carboxylic acids is 1. The van der Waals surface area contributed by atoms with Gasteiger partial charge in [0.2, 0.25) is 15.9 Å². The molecule has 0 saturated carbocycles. The Bertz CT molecular complexity index is 1320. The first-order chi connectivity index (χ1) is 13.7. The summed E-state index contributed by atoms with van der Waals surface area (Å²) in [5.41, 5.74) is 4.69. The molecule has 1 N–H and O–H groups in total. The fourth-order valence-electron chi connectivity index (χ4n) is 3.42. The van der Waals surface area contributed by atoms with Crippen LogP contribution in [0, 0.1) is 6.92 Å². The van der Waals surface area contributed by atoms with Gasteiger partial charge in [0.05, 0.1) is 17.0 Å². The molecule has 0 aliphatic heterocycles. The average molecular weight is 465 g/mol. The molecule has 1 aromatic carbocycles. The SMILES string of the molecule is Cc1csc2c(-c3ccccc3)c(-c3ccc(Cl)s3)c(CC(=O)NS(C)(=O)=O)n12. The van der Waals surface area contributed by atoms with Crippen molar-refractivity contribution in [2.24, 2.45) is 0 Å². The second kappa shape index (κ2) is 7.60. The van der Waals surface area contributed by atoms with E-state index in [-0.39, 0.29) is 6.42 Å². The summed E-state index contributed by atoms with van der Waals surface area (Å²) < 4.78 is 27.9. The minimum Gasteiger partial charge on any atom is -0.307 e. The lowest BCUT2D eigenvalue weighted by Gasteiger charge is -2.08. The summed E-state index contributed by atoms with van der Waals surface area (Å²) in [6.07, 6.45) is 0.910. The molecule has 1 amide bonds. The van der Waals surface area contributed by atoms with Crippen molar-refractivity contribution in [3.05, 3.63) is 63.6 Å². The van der Waals surface area contributed by atoms with Crippen LogP contribution >= 0.6 is 34.3 Å². The van der Waals surface area contributed by atoms with E-state index in [1.165, 1.54) is 11.3 Å². The molecule has 0 atom stereocenters. The quantitative estimate of drug-likeness (QED) is 0.453. The van der Waals surface area contributed by atoms with Gasteiger partial charge >= 0.3 is 0 Å². The maximum absolute atomic E-state index is 12.5. The van der Waals surface area contributed by atoms with Gasteiger partial charge in [0.1, 0.15) is 4.83 Å². The molecule has 0 aliphatic carbocycles. The minimum absolute atomic E-state index is 0.0660. The van der Waals surface area contributed by atoms with Crippen LogP contribution in [0.5, 0.6) is 0 Å². The number of hydrogen-bond acceptors (Lipinski definition) is 5. The number of benzene rings is 1. The summed E-state index contributed by atoms with van der Waals surface area (Å²) in [5, 5.41) is 2.03. The van der Waals surface area contributed by atoms with Crippen LogP contribution in [0.4, 0.5) is 0 Å². The molecule has 0 fully saturated rings. The molecular weight excluding hydrogens is 448 g/mol. The number of thiazole rings is 1. The van der Waals surface area contributed by atoms with E-state index in [0.29, 0.717) is 4.34 Å². The highest BCUT2D eigenvalue weighted by Gasteiger charge is 2.26. The molecule has 3 aromatic heterocycles. The van der Waals surface area contributed by atoms with E-state index in [1.54, 1.807) is 11.3 Å². The molecule has 0 radical (unpaired) electrons. The van der Waals surface area contributed by atoms with Gasteiger partial charge < -0.3 is 4.40 Å². The predicted molar refractivity (Wildman–Crippen MR) is 120 cm³/mol. The molecule has 0 saturated heterocycles. The molecule has 0 unspecified atom stereocenters. The second-order valence-corrected chi connectivity index (χ2v) is 11.0. The molecule has 0 spiro atoms. The van der Waals surface area contributed by atoms with Gasteiger partial charge in [-0.15, -0.1) is 22.7 Å². The van der Waals surface area contributed by atoms with Gasteiger partial charge in [0, 0.05) is 32.8 Å². The van der Waals surface area contributed by atoms with E-state index in [0.717, 1.165) is 44.0 Å². The molecule has 3 heterocycles. The van der Waals surface area contributed by atoms with Crippen LogP contribution in [0.3, 0.4) is 0 Å². The Hall–Kier alpha value is -2.13. The van der Waals surface area contributed by atoms with Gasteiger partial charge in [-0.2, -0.15) is 0 Å². The van der Waals surface area contributed by atoms with Crippen LogP contribution in [0.2, 0.25) is 4.34 Å². The first-order valence-electron chi connectivity index (χ1n) is 8.67. The van der Waals surface area contributed by atoms with Gasteiger partial charge in [-0.3, -0.25) is 9.52 Å². The third kappa shape index (κ3) is 3.98. The molecule has 29 heavy (non-hydrogen) atoms. The number of aryl methyl sites for hydroxylation is 1. The van der Waals surface area contributed by atoms with Gasteiger partial charge in [-0.1, -0.05) is 41.9 Å². The van der Waals surface area contributed by atoms with Gasteiger partial charge in [0.25, 0.3) is 0 Å². The van der Waals surface area contributed by atoms with Crippen molar-refractivity contribution in [2.75, 3.05) is 6.26 Å². The van der Waals surface area contributed by atoms with Crippen molar-refractivity contribution in [3.63, 3.8) is 0 Å². The number of hydrogen-bond donors (Lipinski definition) is 1. The van der Waals surface area contributed by atoms with Crippen LogP contribution in [-0.2, 0) is 21.2 Å². The number of fused-ring (bicyclic) bond motifs is 1. The summed E-state index contributed by atoms with van der Waals surface area (Å²) in [7, 11) is -3.64. The largest absolute Gasteiger partial charge is 0.307 e. The standard InChI is InChI=1S/C20H17ClN2O3S3/c1-12-11-27-20-18(13-6-4-3-5-7-13)19(15-8-9-16(21)28-15)14(23(12)20)10-17(24)22-29(2,25)26/h3-9,11H,10H2,1-2H3,(H,22,24). The third-order valence-corrected chi connectivity index (χ3v) is 7.34. The van der Waals surface area contributed by atoms with Crippen LogP contribution in [0.1, 0.15) is 11.4 Å². The highest BCUT2D eigenvalue weighted by Crippen LogP contribution is 2.46. The maximum Gasteiger partial charge on any atom is 0.239 e. The Kier molecular flexibility index (Phi) is 5.29. The van der Waals surface area contributed by atoms with Crippen molar-refractivity contribution in [3.8, 4) is 21.6 Å². The van der Waals surface area contributed by atoms with Crippen LogP contribution < -0.4 is 4.72 Å². The van der Waals surface area contributed by atoms with Crippen LogP contribution in [0.15, 0.2) is 47.8 Å². The number of thiophene rings is 1. The first-order valence-corrected chi connectivity index (χ1v) is 12.6. The normalized spacial score (nSPS) is 11.8. The van der Waals surface area contributed by atoms with Gasteiger partial charge in [-0.25, -0.2) is 8.42 Å². The second-order valence-electron chi connectivity index (χ2n) is 6.66. The van der Waals surface area contributed by atoms with E-state index >= 15 is 0 Å². The van der Waals surface area contributed by atoms with Crippen molar-refractivity contribution in [1.29, 1.82) is 0 Å². The zero-order chi connectivity index (χ0) is 20.8. The van der Waals surface area contributed by atoms with Gasteiger partial charge in [0.15, 0.2) is 0 Å². The van der Waals surface area contributed by atoms with E-state index in [1.807, 2.05) is 59.2 Å². The van der Waals surface area contributed by atoms with E-state index < -0.39 is 15.9 Å². The smallest absolute Gasteiger partial charge is 0.239 e. The predicted octanol–water partition coefficient (Wildman–Crippen LogP) is 4.98. The van der Waals surface area contributed by atoms with Gasteiger partial charge in [-0.05, 0) is 24.6 Å². The number of halogens is 1. The molecule has 0 aliphatic rings. The summed E-state index contributed by atoms with van der Waals surface area (Å²) in [6.45, 7) is 1.97. The van der Waals surface area contributed by atoms with Crippen LogP contribution in [-0.4, -0.2) is 25.0 Å². The van der Waals surface area contributed by atoms with Crippen molar-refractivity contribution >= 4 is 55.0 Å². The molecule has 0 bridgehead atoms. The maximum atomic E-state index is 12.5. The van der Waals surface area contributed by atoms with E-state index in [2.05, 4.69) is 4.72 Å². The highest BCUT2D eigenvalue weighted by atomic mass is 35.5. The fraction of sp³-hybridized carbons (Fsp3) is 0.150. The lowest BCUT2D eigenvalue weighted by Crippen LogP contribution is -2.31. The topological polar surface area (TPSA) is 67.7 Å². The third-order valence-electron chi connectivity index (χ3n) is 4.43. The highest BCUT2D eigenvalue weighted by molar-refractivity contribution is 7.89. The summed E-state index contributed by atoms with van der Waals surface area (Å²) >= 11 is 9.25. The number of amides is 1. The number of carbonyl (C=O) groups is 1. The Labute approximate surface area is 181 Å². The van der Waals surface area contributed by atoms with E-state index in [9.17, 15) is 13.2 Å². The number of nitrogens with zero attached hydrogens (tertiary/aromatic N) is 1. The Balaban J connectivity index is 2.00. The summed E-state index contributed by atoms with van der Waals surface area (Å²) in [4.78, 5) is 14.5. The summed E-state index contributed by atoms with van der Waals surface area (Å²) in [6, 6.07) is 13.7. The minimum atomic E-state index is -3.64. The monoisotopic (exact) mass is 464 g/mol. The zero-order valence-corrected chi connectivity index (χ0v) is 18.8. The fourth-order valence-corrected chi connectivity index (χ4v) is 6.11. The van der Waals surface area contributed by atoms with E-state index in [4.69, 9.17) is 11.6 Å². The average Bonchev–Trinajstić information content (AvgIpc) is 3.30. The lowest BCUT2D eigenvalue weighted by molar-refractivity contribution is -0.118. The summed E-state index contributed by atoms with van der Waals surface area (Å²) in [5.74, 6) is -0.569. The van der Waals surface area contributed by atoms with Crippen molar-refractivity contribution in [2.45, 2.75) is 13.3 Å². The number of rotatable bonds is 5. The molecule has 4 rings (SSSR count). The lowest BCUT2D eigenvalue weighted by atomic mass is 10.0. The number of nitrogens with one attached hydrogen (secondary N) is 1. The molecule has 9 heteroatoms. The first kappa shape index (κ1) is 20.2. The molecule has 150 valence electrons. The Morgan fingerprint density at radius 3 is 2.48 bits per heavy atom. The Morgan fingerprint density at radius 2 is 1.86 bits per heavy atom. The van der Waals surface area contributed by atoms with Crippen molar-refractivity contribution < 1.29 is 13.2 Å². The zero-order valence-electron chi connectivity index (χ0n) is 15.6. The molecule has 5 nitrogen and oxygen atoms in total. The van der Waals surface area contributed by atoms with Crippen molar-refractivity contribution in [1.82, 2.24) is 9.12 Å². The molecule has 4 aromatic rings. The molecular formula is C20H17ClN2O3S3.